The van der Waals surface area contributed by atoms with Gasteiger partial charge in [0.05, 0.1) is 0 Å². The highest BCUT2D eigenvalue weighted by Gasteiger charge is 2.26. The topological polar surface area (TPSA) is 29.9 Å². The summed E-state index contributed by atoms with van der Waals surface area (Å²) in [5.74, 6) is 2.71. The Labute approximate surface area is 98.3 Å². The minimum absolute atomic E-state index is 0.635. The molecule has 0 spiro atoms. The van der Waals surface area contributed by atoms with E-state index in [0.717, 1.165) is 24.3 Å². The van der Waals surface area contributed by atoms with Crippen molar-refractivity contribution in [3.05, 3.63) is 12.4 Å². The molecule has 1 aromatic heterocycles. The van der Waals surface area contributed by atoms with E-state index in [2.05, 4.69) is 41.8 Å². The van der Waals surface area contributed by atoms with Gasteiger partial charge in [-0.25, -0.2) is 4.98 Å². The summed E-state index contributed by atoms with van der Waals surface area (Å²) in [7, 11) is 0. The zero-order valence-corrected chi connectivity index (χ0v) is 10.6. The second kappa shape index (κ2) is 4.89. The Morgan fingerprint density at radius 2 is 2.00 bits per heavy atom. The standard InChI is InChI=1S/C13H23N3/c1-4-14-13-15-5-6-16(13)12-8-10(2)7-11(3)9-12/h5-6,10-12H,4,7-9H2,1-3H3,(H,14,15). The third-order valence-corrected chi connectivity index (χ3v) is 3.55. The van der Waals surface area contributed by atoms with Crippen molar-refractivity contribution in [2.45, 2.75) is 46.1 Å². The summed E-state index contributed by atoms with van der Waals surface area (Å²) in [5.41, 5.74) is 0. The van der Waals surface area contributed by atoms with Gasteiger partial charge in [-0.15, -0.1) is 0 Å². The molecule has 0 aliphatic heterocycles. The van der Waals surface area contributed by atoms with Gasteiger partial charge in [-0.05, 0) is 38.0 Å². The predicted octanol–water partition coefficient (Wildman–Crippen LogP) is 3.31. The molecule has 1 aliphatic rings. The van der Waals surface area contributed by atoms with Crippen LogP contribution in [0.15, 0.2) is 12.4 Å². The number of anilines is 1. The summed E-state index contributed by atoms with van der Waals surface area (Å²) >= 11 is 0. The van der Waals surface area contributed by atoms with E-state index < -0.39 is 0 Å². The van der Waals surface area contributed by atoms with E-state index in [9.17, 15) is 0 Å². The number of aromatic nitrogens is 2. The van der Waals surface area contributed by atoms with Crippen LogP contribution in [0, 0.1) is 11.8 Å². The molecule has 0 aromatic carbocycles. The normalized spacial score (nSPS) is 30.3. The van der Waals surface area contributed by atoms with Gasteiger partial charge in [0.25, 0.3) is 0 Å². The third kappa shape index (κ3) is 2.39. The SMILES string of the molecule is CCNc1nccn1C1CC(C)CC(C)C1. The lowest BCUT2D eigenvalue weighted by Crippen LogP contribution is -2.23. The van der Waals surface area contributed by atoms with E-state index >= 15 is 0 Å². The molecule has 3 heteroatoms. The number of hydrogen-bond acceptors (Lipinski definition) is 2. The number of nitrogens with zero attached hydrogens (tertiary/aromatic N) is 2. The van der Waals surface area contributed by atoms with Gasteiger partial charge in [-0.2, -0.15) is 0 Å². The van der Waals surface area contributed by atoms with Crippen molar-refractivity contribution in [3.63, 3.8) is 0 Å². The highest BCUT2D eigenvalue weighted by Crippen LogP contribution is 2.36. The summed E-state index contributed by atoms with van der Waals surface area (Å²) in [6.45, 7) is 7.79. The molecule has 3 nitrogen and oxygen atoms in total. The zero-order chi connectivity index (χ0) is 11.5. The van der Waals surface area contributed by atoms with Crippen LogP contribution >= 0.6 is 0 Å². The van der Waals surface area contributed by atoms with Crippen LogP contribution in [0.25, 0.3) is 0 Å². The zero-order valence-electron chi connectivity index (χ0n) is 10.6. The average molecular weight is 221 g/mol. The van der Waals surface area contributed by atoms with Crippen molar-refractivity contribution in [3.8, 4) is 0 Å². The van der Waals surface area contributed by atoms with Crippen LogP contribution in [-0.4, -0.2) is 16.1 Å². The quantitative estimate of drug-likeness (QED) is 0.848. The monoisotopic (exact) mass is 221 g/mol. The Kier molecular flexibility index (Phi) is 3.52. The Morgan fingerprint density at radius 3 is 2.62 bits per heavy atom. The number of hydrogen-bond donors (Lipinski definition) is 1. The van der Waals surface area contributed by atoms with Crippen LogP contribution in [-0.2, 0) is 0 Å². The molecule has 1 aromatic rings. The fourth-order valence-electron chi connectivity index (χ4n) is 3.03. The molecule has 0 bridgehead atoms. The fourth-order valence-corrected chi connectivity index (χ4v) is 3.03. The van der Waals surface area contributed by atoms with Crippen molar-refractivity contribution in [2.24, 2.45) is 11.8 Å². The van der Waals surface area contributed by atoms with Crippen molar-refractivity contribution in [2.75, 3.05) is 11.9 Å². The molecule has 16 heavy (non-hydrogen) atoms. The third-order valence-electron chi connectivity index (χ3n) is 3.55. The Hall–Kier alpha value is -0.990. The molecule has 0 saturated heterocycles. The van der Waals surface area contributed by atoms with Gasteiger partial charge in [0.1, 0.15) is 0 Å². The first-order chi connectivity index (χ1) is 7.70. The highest BCUT2D eigenvalue weighted by molar-refractivity contribution is 5.26. The van der Waals surface area contributed by atoms with Gasteiger partial charge in [0.2, 0.25) is 5.95 Å². The second-order valence-electron chi connectivity index (χ2n) is 5.26. The van der Waals surface area contributed by atoms with Gasteiger partial charge in [0, 0.05) is 25.0 Å². The van der Waals surface area contributed by atoms with Crippen LogP contribution in [0.4, 0.5) is 5.95 Å². The summed E-state index contributed by atoms with van der Waals surface area (Å²) < 4.78 is 2.33. The summed E-state index contributed by atoms with van der Waals surface area (Å²) in [6.07, 6.45) is 7.98. The minimum Gasteiger partial charge on any atom is -0.356 e. The van der Waals surface area contributed by atoms with Gasteiger partial charge >= 0.3 is 0 Å². The Balaban J connectivity index is 2.13. The largest absolute Gasteiger partial charge is 0.356 e. The van der Waals surface area contributed by atoms with Crippen LogP contribution in [0.5, 0.6) is 0 Å². The minimum atomic E-state index is 0.635. The van der Waals surface area contributed by atoms with E-state index in [1.165, 1.54) is 19.3 Å². The lowest BCUT2D eigenvalue weighted by Gasteiger charge is -2.33. The predicted molar refractivity (Wildman–Crippen MR) is 67.6 cm³/mol. The lowest BCUT2D eigenvalue weighted by atomic mass is 9.80. The average Bonchev–Trinajstić information content (AvgIpc) is 2.65. The fraction of sp³-hybridized carbons (Fsp3) is 0.769. The molecule has 1 saturated carbocycles. The molecular formula is C13H23N3. The maximum atomic E-state index is 4.38. The van der Waals surface area contributed by atoms with E-state index in [0.29, 0.717) is 6.04 Å². The molecular weight excluding hydrogens is 198 g/mol. The summed E-state index contributed by atoms with van der Waals surface area (Å²) in [5, 5.41) is 3.33. The molecule has 2 unspecified atom stereocenters. The maximum Gasteiger partial charge on any atom is 0.203 e. The molecule has 0 radical (unpaired) electrons. The van der Waals surface area contributed by atoms with Gasteiger partial charge in [0.15, 0.2) is 0 Å². The van der Waals surface area contributed by atoms with E-state index in [1.54, 1.807) is 0 Å². The molecule has 2 atom stereocenters. The second-order valence-corrected chi connectivity index (χ2v) is 5.26. The van der Waals surface area contributed by atoms with Crippen molar-refractivity contribution >= 4 is 5.95 Å². The summed E-state index contributed by atoms with van der Waals surface area (Å²) in [4.78, 5) is 4.38. The van der Waals surface area contributed by atoms with Crippen LogP contribution in [0.1, 0.15) is 46.1 Å². The first-order valence-corrected chi connectivity index (χ1v) is 6.47. The lowest BCUT2D eigenvalue weighted by molar-refractivity contribution is 0.223. The van der Waals surface area contributed by atoms with Gasteiger partial charge < -0.3 is 9.88 Å². The molecule has 1 N–H and O–H groups in total. The molecule has 1 heterocycles. The number of imidazole rings is 1. The van der Waals surface area contributed by atoms with Crippen molar-refractivity contribution in [1.82, 2.24) is 9.55 Å². The Morgan fingerprint density at radius 1 is 1.31 bits per heavy atom. The van der Waals surface area contributed by atoms with Crippen molar-refractivity contribution < 1.29 is 0 Å². The summed E-state index contributed by atoms with van der Waals surface area (Å²) in [6, 6.07) is 0.635. The van der Waals surface area contributed by atoms with Crippen LogP contribution < -0.4 is 5.32 Å². The molecule has 90 valence electrons. The molecule has 2 rings (SSSR count). The molecule has 0 amide bonds. The first-order valence-electron chi connectivity index (χ1n) is 6.47. The van der Waals surface area contributed by atoms with Gasteiger partial charge in [-0.1, -0.05) is 13.8 Å². The molecule has 1 aliphatic carbocycles. The van der Waals surface area contributed by atoms with Crippen molar-refractivity contribution in [1.29, 1.82) is 0 Å². The van der Waals surface area contributed by atoms with Gasteiger partial charge in [-0.3, -0.25) is 0 Å². The maximum absolute atomic E-state index is 4.38. The highest BCUT2D eigenvalue weighted by atomic mass is 15.2. The van der Waals surface area contributed by atoms with E-state index in [4.69, 9.17) is 0 Å². The number of nitrogens with one attached hydrogen (secondary N) is 1. The smallest absolute Gasteiger partial charge is 0.203 e. The van der Waals surface area contributed by atoms with Crippen LogP contribution in [0.2, 0.25) is 0 Å². The van der Waals surface area contributed by atoms with E-state index in [-0.39, 0.29) is 0 Å². The van der Waals surface area contributed by atoms with Crippen LogP contribution in [0.3, 0.4) is 0 Å². The Bertz CT molecular complexity index is 322. The molecule has 1 fully saturated rings. The first kappa shape index (κ1) is 11.5. The number of rotatable bonds is 3. The van der Waals surface area contributed by atoms with E-state index in [1.807, 2.05) is 6.20 Å².